The molecule has 0 atom stereocenters. The molecule has 0 saturated carbocycles. The summed E-state index contributed by atoms with van der Waals surface area (Å²) < 4.78 is 1.60. The molecular weight excluding hydrogens is 210 g/mol. The predicted molar refractivity (Wildman–Crippen MR) is 56.5 cm³/mol. The molecule has 0 bridgehead atoms. The second-order valence-corrected chi connectivity index (χ2v) is 3.07. The summed E-state index contributed by atoms with van der Waals surface area (Å²) in [6, 6.07) is 5.66. The summed E-state index contributed by atoms with van der Waals surface area (Å²) in [5, 5.41) is 10.4. The summed E-state index contributed by atoms with van der Waals surface area (Å²) in [6.07, 6.45) is 4.28. The molecule has 16 heavy (non-hydrogen) atoms. The van der Waals surface area contributed by atoms with Gasteiger partial charge >= 0.3 is 0 Å². The Morgan fingerprint density at radius 1 is 1.19 bits per heavy atom. The SMILES string of the molecule is O=c1ccn(-c2ccc([N+](=O)[O-])cn2)cc1. The molecule has 0 aliphatic carbocycles. The Morgan fingerprint density at radius 3 is 2.38 bits per heavy atom. The molecule has 80 valence electrons. The lowest BCUT2D eigenvalue weighted by Gasteiger charge is -2.03. The Hall–Kier alpha value is -2.50. The molecule has 0 aliphatic rings. The number of nitrogens with zero attached hydrogens (tertiary/aromatic N) is 3. The second kappa shape index (κ2) is 3.93. The third-order valence-electron chi connectivity index (χ3n) is 2.01. The second-order valence-electron chi connectivity index (χ2n) is 3.07. The van der Waals surface area contributed by atoms with Crippen LogP contribution < -0.4 is 5.43 Å². The minimum absolute atomic E-state index is 0.0650. The molecule has 6 heteroatoms. The number of rotatable bonds is 2. The highest BCUT2D eigenvalue weighted by Gasteiger charge is 2.05. The monoisotopic (exact) mass is 217 g/mol. The minimum atomic E-state index is -0.512. The van der Waals surface area contributed by atoms with E-state index in [9.17, 15) is 14.9 Å². The van der Waals surface area contributed by atoms with Gasteiger partial charge in [0.25, 0.3) is 5.69 Å². The Morgan fingerprint density at radius 2 is 1.88 bits per heavy atom. The number of pyridine rings is 2. The van der Waals surface area contributed by atoms with E-state index in [-0.39, 0.29) is 11.1 Å². The van der Waals surface area contributed by atoms with E-state index in [2.05, 4.69) is 4.98 Å². The molecule has 2 aromatic heterocycles. The fourth-order valence-electron chi connectivity index (χ4n) is 1.20. The molecule has 0 saturated heterocycles. The topological polar surface area (TPSA) is 78.0 Å². The maximum Gasteiger partial charge on any atom is 0.287 e. The summed E-state index contributed by atoms with van der Waals surface area (Å²) in [4.78, 5) is 24.7. The van der Waals surface area contributed by atoms with E-state index < -0.39 is 4.92 Å². The normalized spacial score (nSPS) is 10.0. The Kier molecular flexibility index (Phi) is 2.47. The molecular formula is C10H7N3O3. The first-order valence-electron chi connectivity index (χ1n) is 4.46. The summed E-state index contributed by atoms with van der Waals surface area (Å²) in [6.45, 7) is 0. The van der Waals surface area contributed by atoms with Gasteiger partial charge in [-0.2, -0.15) is 0 Å². The fraction of sp³-hybridized carbons (Fsp3) is 0. The third kappa shape index (κ3) is 1.95. The van der Waals surface area contributed by atoms with Crippen molar-refractivity contribution in [3.8, 4) is 5.82 Å². The Labute approximate surface area is 90.0 Å². The highest BCUT2D eigenvalue weighted by atomic mass is 16.6. The smallest absolute Gasteiger partial charge is 0.287 e. The zero-order valence-corrected chi connectivity index (χ0v) is 8.11. The Bertz CT molecular complexity index is 554. The largest absolute Gasteiger partial charge is 0.308 e. The van der Waals surface area contributed by atoms with Gasteiger partial charge in [-0.3, -0.25) is 14.9 Å². The summed E-state index contributed by atoms with van der Waals surface area (Å²) in [7, 11) is 0. The average Bonchev–Trinajstić information content (AvgIpc) is 2.30. The predicted octanol–water partition coefficient (Wildman–Crippen LogP) is 1.14. The van der Waals surface area contributed by atoms with Gasteiger partial charge in [0.15, 0.2) is 5.43 Å². The quantitative estimate of drug-likeness (QED) is 0.558. The molecule has 2 rings (SSSR count). The molecule has 0 spiro atoms. The minimum Gasteiger partial charge on any atom is -0.308 e. The van der Waals surface area contributed by atoms with Crippen molar-refractivity contribution in [3.05, 3.63) is 63.2 Å². The number of hydrogen-bond acceptors (Lipinski definition) is 4. The van der Waals surface area contributed by atoms with Gasteiger partial charge in [-0.05, 0) is 6.07 Å². The van der Waals surface area contributed by atoms with Gasteiger partial charge in [0.1, 0.15) is 12.0 Å². The number of aromatic nitrogens is 2. The fourth-order valence-corrected chi connectivity index (χ4v) is 1.20. The number of hydrogen-bond donors (Lipinski definition) is 0. The van der Waals surface area contributed by atoms with Gasteiger partial charge in [0.2, 0.25) is 0 Å². The van der Waals surface area contributed by atoms with Crippen molar-refractivity contribution in [3.63, 3.8) is 0 Å². The van der Waals surface area contributed by atoms with Crippen molar-refractivity contribution in [2.75, 3.05) is 0 Å². The van der Waals surface area contributed by atoms with E-state index in [4.69, 9.17) is 0 Å². The van der Waals surface area contributed by atoms with Crippen LogP contribution in [-0.2, 0) is 0 Å². The van der Waals surface area contributed by atoms with Crippen LogP contribution in [0.4, 0.5) is 5.69 Å². The lowest BCUT2D eigenvalue weighted by atomic mass is 10.4. The summed E-state index contributed by atoms with van der Waals surface area (Å²) in [5.41, 5.74) is -0.164. The van der Waals surface area contributed by atoms with Crippen LogP contribution in [0.3, 0.4) is 0 Å². The van der Waals surface area contributed by atoms with Crippen LogP contribution in [0.25, 0.3) is 5.82 Å². The molecule has 0 N–H and O–H groups in total. The van der Waals surface area contributed by atoms with Crippen LogP contribution >= 0.6 is 0 Å². The van der Waals surface area contributed by atoms with E-state index in [1.165, 1.54) is 30.5 Å². The average molecular weight is 217 g/mol. The molecule has 0 radical (unpaired) electrons. The lowest BCUT2D eigenvalue weighted by molar-refractivity contribution is -0.385. The van der Waals surface area contributed by atoms with Crippen molar-refractivity contribution < 1.29 is 4.92 Å². The van der Waals surface area contributed by atoms with Crippen molar-refractivity contribution in [2.45, 2.75) is 0 Å². The van der Waals surface area contributed by atoms with Crippen LogP contribution in [-0.4, -0.2) is 14.5 Å². The van der Waals surface area contributed by atoms with E-state index >= 15 is 0 Å². The molecule has 0 amide bonds. The van der Waals surface area contributed by atoms with Gasteiger partial charge < -0.3 is 4.57 Å². The molecule has 2 heterocycles. The van der Waals surface area contributed by atoms with E-state index in [1.807, 2.05) is 0 Å². The van der Waals surface area contributed by atoms with E-state index in [0.29, 0.717) is 5.82 Å². The van der Waals surface area contributed by atoms with Crippen molar-refractivity contribution >= 4 is 5.69 Å². The van der Waals surface area contributed by atoms with Crippen LogP contribution in [0.1, 0.15) is 0 Å². The molecule has 0 fully saturated rings. The zero-order chi connectivity index (χ0) is 11.5. The van der Waals surface area contributed by atoms with E-state index in [1.54, 1.807) is 17.0 Å². The highest BCUT2D eigenvalue weighted by molar-refractivity contribution is 5.33. The van der Waals surface area contributed by atoms with Crippen LogP contribution in [0.2, 0.25) is 0 Å². The first-order valence-corrected chi connectivity index (χ1v) is 4.46. The van der Waals surface area contributed by atoms with Crippen LogP contribution in [0.15, 0.2) is 47.7 Å². The maximum absolute atomic E-state index is 10.9. The van der Waals surface area contributed by atoms with Gasteiger partial charge in [0, 0.05) is 30.6 Å². The van der Waals surface area contributed by atoms with Gasteiger partial charge in [-0.15, -0.1) is 0 Å². The molecule has 0 aromatic carbocycles. The number of nitro groups is 1. The molecule has 0 unspecified atom stereocenters. The Balaban J connectivity index is 2.38. The molecule has 0 aliphatic heterocycles. The van der Waals surface area contributed by atoms with Crippen molar-refractivity contribution in [2.24, 2.45) is 0 Å². The van der Waals surface area contributed by atoms with Crippen molar-refractivity contribution in [1.82, 2.24) is 9.55 Å². The van der Waals surface area contributed by atoms with Crippen LogP contribution in [0.5, 0.6) is 0 Å². The summed E-state index contributed by atoms with van der Waals surface area (Å²) in [5.74, 6) is 0.519. The summed E-state index contributed by atoms with van der Waals surface area (Å²) >= 11 is 0. The highest BCUT2D eigenvalue weighted by Crippen LogP contribution is 2.10. The zero-order valence-electron chi connectivity index (χ0n) is 8.11. The maximum atomic E-state index is 10.9. The first-order chi connectivity index (χ1) is 7.66. The molecule has 2 aromatic rings. The van der Waals surface area contributed by atoms with Gasteiger partial charge in [-0.25, -0.2) is 4.98 Å². The van der Waals surface area contributed by atoms with Gasteiger partial charge in [0.05, 0.1) is 4.92 Å². The third-order valence-corrected chi connectivity index (χ3v) is 2.01. The van der Waals surface area contributed by atoms with Gasteiger partial charge in [-0.1, -0.05) is 0 Å². The standard InChI is InChI=1S/C10H7N3O3/c14-9-3-5-12(6-4-9)10-2-1-8(7-11-10)13(15)16/h1-7H. The lowest BCUT2D eigenvalue weighted by Crippen LogP contribution is -2.03. The van der Waals surface area contributed by atoms with Crippen molar-refractivity contribution in [1.29, 1.82) is 0 Å². The van der Waals surface area contributed by atoms with Crippen LogP contribution in [0, 0.1) is 10.1 Å². The molecule has 6 nitrogen and oxygen atoms in total. The first kappa shape index (κ1) is 10.0. The van der Waals surface area contributed by atoms with E-state index in [0.717, 1.165) is 0 Å².